The maximum atomic E-state index is 11.5. The molecule has 32 heavy (non-hydrogen) atoms. The number of alkyl halides is 1. The summed E-state index contributed by atoms with van der Waals surface area (Å²) < 4.78 is 6.27. The zero-order chi connectivity index (χ0) is 23.9. The van der Waals surface area contributed by atoms with Crippen molar-refractivity contribution in [2.75, 3.05) is 0 Å². The lowest BCUT2D eigenvalue weighted by atomic mass is 9.93. The minimum atomic E-state index is -0.879. The number of fused-ring (bicyclic) bond motifs is 1. The van der Waals surface area contributed by atoms with Crippen LogP contribution in [-0.2, 0) is 4.79 Å². The van der Waals surface area contributed by atoms with Gasteiger partial charge in [-0.15, -0.1) is 11.6 Å². The molecular weight excluding hydrogens is 424 g/mol. The summed E-state index contributed by atoms with van der Waals surface area (Å²) in [5, 5.41) is 19.0. The molecule has 1 aromatic rings. The van der Waals surface area contributed by atoms with Gasteiger partial charge in [0.1, 0.15) is 17.1 Å². The molecule has 1 aliphatic heterocycles. The van der Waals surface area contributed by atoms with E-state index in [9.17, 15) is 15.0 Å². The molecule has 2 unspecified atom stereocenters. The second-order valence-electron chi connectivity index (χ2n) is 8.94. The zero-order valence-corrected chi connectivity index (χ0v) is 20.3. The van der Waals surface area contributed by atoms with Crippen molar-refractivity contribution in [2.45, 2.75) is 77.2 Å². The van der Waals surface area contributed by atoms with Crippen LogP contribution in [0.15, 0.2) is 53.7 Å². The lowest BCUT2D eigenvalue weighted by Crippen LogP contribution is -2.32. The number of hydrogen-bond acceptors (Lipinski definition) is 3. The van der Waals surface area contributed by atoms with E-state index in [1.165, 1.54) is 5.57 Å². The van der Waals surface area contributed by atoms with Gasteiger partial charge in [0.15, 0.2) is 0 Å². The van der Waals surface area contributed by atoms with Crippen molar-refractivity contribution < 1.29 is 19.7 Å². The number of halogens is 1. The van der Waals surface area contributed by atoms with Gasteiger partial charge in [-0.05, 0) is 90.0 Å². The monoisotopic (exact) mass is 458 g/mol. The van der Waals surface area contributed by atoms with Crippen molar-refractivity contribution >= 4 is 23.6 Å². The number of aryl methyl sites for hydroxylation is 1. The zero-order valence-electron chi connectivity index (χ0n) is 19.6. The molecular formula is C27H35ClO4. The van der Waals surface area contributed by atoms with Crippen LogP contribution < -0.4 is 4.74 Å². The highest BCUT2D eigenvalue weighted by atomic mass is 35.5. The van der Waals surface area contributed by atoms with E-state index >= 15 is 0 Å². The molecule has 4 nitrogen and oxygen atoms in total. The summed E-state index contributed by atoms with van der Waals surface area (Å²) in [5.41, 5.74) is 3.93. The van der Waals surface area contributed by atoms with Gasteiger partial charge in [-0.25, -0.2) is 4.79 Å². The number of carboxylic acids is 1. The Bertz CT molecular complexity index is 941. The van der Waals surface area contributed by atoms with Crippen molar-refractivity contribution in [2.24, 2.45) is 0 Å². The fraction of sp³-hybridized carbons (Fsp3) is 0.444. The molecule has 2 atom stereocenters. The maximum absolute atomic E-state index is 11.5. The lowest BCUT2D eigenvalue weighted by molar-refractivity contribution is -0.132. The minimum Gasteiger partial charge on any atom is -0.508 e. The van der Waals surface area contributed by atoms with Gasteiger partial charge in [-0.2, -0.15) is 0 Å². The van der Waals surface area contributed by atoms with Gasteiger partial charge in [0.25, 0.3) is 0 Å². The highest BCUT2D eigenvalue weighted by Crippen LogP contribution is 2.38. The molecule has 0 spiro atoms. The third kappa shape index (κ3) is 7.59. The van der Waals surface area contributed by atoms with Crippen molar-refractivity contribution in [1.82, 2.24) is 0 Å². The molecule has 0 saturated carbocycles. The van der Waals surface area contributed by atoms with Crippen LogP contribution in [0.4, 0.5) is 0 Å². The number of aliphatic carboxylic acids is 1. The molecule has 2 N–H and O–H groups in total. The quantitative estimate of drug-likeness (QED) is 0.206. The number of hydrogen-bond donors (Lipinski definition) is 2. The predicted molar refractivity (Wildman–Crippen MR) is 133 cm³/mol. The maximum Gasteiger partial charge on any atom is 0.331 e. The minimum absolute atomic E-state index is 0.196. The van der Waals surface area contributed by atoms with E-state index in [4.69, 9.17) is 16.3 Å². The molecule has 0 bridgehead atoms. The van der Waals surface area contributed by atoms with E-state index in [0.29, 0.717) is 24.8 Å². The fourth-order valence-electron chi connectivity index (χ4n) is 3.72. The molecule has 0 radical (unpaired) electrons. The Morgan fingerprint density at radius 2 is 1.97 bits per heavy atom. The van der Waals surface area contributed by atoms with Gasteiger partial charge < -0.3 is 14.9 Å². The summed E-state index contributed by atoms with van der Waals surface area (Å²) in [6.07, 6.45) is 12.3. The number of phenolic OH excluding ortho intramolecular Hbond substituents is 1. The Morgan fingerprint density at radius 3 is 2.62 bits per heavy atom. The van der Waals surface area contributed by atoms with E-state index in [1.54, 1.807) is 12.1 Å². The lowest BCUT2D eigenvalue weighted by Gasteiger charge is -2.32. The molecule has 1 aliphatic rings. The Labute approximate surface area is 196 Å². The van der Waals surface area contributed by atoms with Crippen LogP contribution in [0.25, 0.3) is 6.08 Å². The van der Waals surface area contributed by atoms with Crippen LogP contribution in [-0.4, -0.2) is 27.2 Å². The first-order valence-corrected chi connectivity index (χ1v) is 11.5. The van der Waals surface area contributed by atoms with Gasteiger partial charge in [-0.3, -0.25) is 0 Å². The number of phenols is 1. The molecule has 0 aromatic heterocycles. The average molecular weight is 459 g/mol. The first kappa shape index (κ1) is 25.8. The van der Waals surface area contributed by atoms with Gasteiger partial charge in [0.2, 0.25) is 0 Å². The number of ether oxygens (including phenoxy) is 1. The van der Waals surface area contributed by atoms with Crippen LogP contribution in [0.2, 0.25) is 0 Å². The highest BCUT2D eigenvalue weighted by molar-refractivity contribution is 6.22. The summed E-state index contributed by atoms with van der Waals surface area (Å²) in [6.45, 7) is 11.8. The molecule has 5 heteroatoms. The molecule has 174 valence electrons. The second kappa shape index (κ2) is 11.4. The second-order valence-corrected chi connectivity index (χ2v) is 9.47. The first-order chi connectivity index (χ1) is 15.0. The van der Waals surface area contributed by atoms with E-state index in [2.05, 4.69) is 26.5 Å². The largest absolute Gasteiger partial charge is 0.508 e. The molecule has 0 fully saturated rings. The van der Waals surface area contributed by atoms with E-state index in [-0.39, 0.29) is 11.1 Å². The van der Waals surface area contributed by atoms with Crippen molar-refractivity contribution in [3.8, 4) is 11.5 Å². The average Bonchev–Trinajstić information content (AvgIpc) is 2.70. The Morgan fingerprint density at radius 1 is 1.25 bits per heavy atom. The summed E-state index contributed by atoms with van der Waals surface area (Å²) in [5.74, 6) is 0.191. The van der Waals surface area contributed by atoms with Crippen LogP contribution in [0.1, 0.15) is 70.4 Å². The summed E-state index contributed by atoms with van der Waals surface area (Å²) in [7, 11) is 0. The Kier molecular flexibility index (Phi) is 9.21. The Hall–Kier alpha value is -2.46. The number of carbonyl (C=O) groups is 1. The van der Waals surface area contributed by atoms with Crippen LogP contribution in [0, 0.1) is 6.92 Å². The Balaban J connectivity index is 1.87. The highest BCUT2D eigenvalue weighted by Gasteiger charge is 2.27. The van der Waals surface area contributed by atoms with Crippen LogP contribution in [0.5, 0.6) is 11.5 Å². The van der Waals surface area contributed by atoms with Gasteiger partial charge in [0.05, 0.1) is 5.38 Å². The van der Waals surface area contributed by atoms with E-state index < -0.39 is 11.6 Å². The van der Waals surface area contributed by atoms with Crippen LogP contribution in [0.3, 0.4) is 0 Å². The molecule has 0 aliphatic carbocycles. The summed E-state index contributed by atoms with van der Waals surface area (Å²) in [4.78, 5) is 11.5. The summed E-state index contributed by atoms with van der Waals surface area (Å²) in [6, 6.07) is 3.43. The van der Waals surface area contributed by atoms with Crippen molar-refractivity contribution in [3.63, 3.8) is 0 Å². The predicted octanol–water partition coefficient (Wildman–Crippen LogP) is 7.35. The standard InChI is InChI=1S/C27H35ClO4/c1-18(2)24(28)12-11-21(26(30)31)10-6-8-19(3)9-7-14-27(5)15-13-22-17-23(29)16-20(4)25(22)32-27/h9-10,13,15-17,24,29H,1,6-8,11-12,14H2,2-5H3,(H,30,31). The van der Waals surface area contributed by atoms with Crippen LogP contribution >= 0.6 is 11.6 Å². The molecule has 2 rings (SSSR count). The fourth-order valence-corrected chi connectivity index (χ4v) is 3.83. The smallest absolute Gasteiger partial charge is 0.331 e. The number of benzene rings is 1. The summed E-state index contributed by atoms with van der Waals surface area (Å²) >= 11 is 6.17. The number of aromatic hydroxyl groups is 1. The van der Waals surface area contributed by atoms with Gasteiger partial charge in [0, 0.05) is 11.1 Å². The third-order valence-corrected chi connectivity index (χ3v) is 6.37. The van der Waals surface area contributed by atoms with Crippen molar-refractivity contribution in [3.05, 3.63) is 64.8 Å². The molecule has 1 heterocycles. The number of rotatable bonds is 11. The SMILES string of the molecule is C=C(C)C(Cl)CCC(=CCCC(C)=CCCC1(C)C=Cc2cc(O)cc(C)c2O1)C(=O)O. The van der Waals surface area contributed by atoms with Gasteiger partial charge >= 0.3 is 5.97 Å². The van der Waals surface area contributed by atoms with E-state index in [0.717, 1.165) is 41.7 Å². The van der Waals surface area contributed by atoms with E-state index in [1.807, 2.05) is 32.1 Å². The number of allylic oxidation sites excluding steroid dienone is 4. The molecule has 0 saturated heterocycles. The molecule has 0 amide bonds. The number of carboxylic acid groups (broad SMARTS) is 1. The first-order valence-electron chi connectivity index (χ1n) is 11.1. The third-order valence-electron chi connectivity index (χ3n) is 5.78. The van der Waals surface area contributed by atoms with Crippen molar-refractivity contribution in [1.29, 1.82) is 0 Å². The molecule has 1 aromatic carbocycles. The normalized spacial score (nSPS) is 19.3. The topological polar surface area (TPSA) is 66.8 Å². The van der Waals surface area contributed by atoms with Gasteiger partial charge in [-0.1, -0.05) is 36.0 Å².